The topological polar surface area (TPSA) is 0 Å². The summed E-state index contributed by atoms with van der Waals surface area (Å²) < 4.78 is 0. The molecule has 0 saturated heterocycles. The van der Waals surface area contributed by atoms with E-state index in [2.05, 4.69) is 20.8 Å². The first-order valence-corrected chi connectivity index (χ1v) is 5.10. The second-order valence-corrected chi connectivity index (χ2v) is 4.47. The first-order valence-electron chi connectivity index (χ1n) is 4.35. The first-order chi connectivity index (χ1) is 5.93. The highest BCUT2D eigenvalue weighted by Crippen LogP contribution is 2.19. The molecule has 0 bridgehead atoms. The summed E-state index contributed by atoms with van der Waals surface area (Å²) in [6.45, 7) is 8.44. The van der Waals surface area contributed by atoms with Crippen LogP contribution >= 0.6 is 23.2 Å². The molecule has 0 aliphatic rings. The molecule has 1 rings (SSSR count). The molecule has 0 aliphatic heterocycles. The summed E-state index contributed by atoms with van der Waals surface area (Å²) >= 11 is 11.4. The number of rotatable bonds is 0. The minimum atomic E-state index is 0.686. The van der Waals surface area contributed by atoms with Gasteiger partial charge in [0, 0.05) is 10.0 Å². The highest BCUT2D eigenvalue weighted by atomic mass is 35.5. The van der Waals surface area contributed by atoms with E-state index in [4.69, 9.17) is 23.2 Å². The Hall–Kier alpha value is -0.200. The lowest BCUT2D eigenvalue weighted by Gasteiger charge is -1.94. The van der Waals surface area contributed by atoms with Gasteiger partial charge in [-0.05, 0) is 30.5 Å². The van der Waals surface area contributed by atoms with Crippen LogP contribution in [0.3, 0.4) is 0 Å². The fourth-order valence-electron chi connectivity index (χ4n) is 0.567. The predicted molar refractivity (Wildman–Crippen MR) is 61.7 cm³/mol. The number of benzene rings is 1. The summed E-state index contributed by atoms with van der Waals surface area (Å²) in [5.41, 5.74) is 1.06. The molecule has 0 spiro atoms. The Morgan fingerprint density at radius 1 is 1.08 bits per heavy atom. The largest absolute Gasteiger partial charge is 0.0843 e. The Morgan fingerprint density at radius 2 is 1.54 bits per heavy atom. The van der Waals surface area contributed by atoms with Gasteiger partial charge in [0.1, 0.15) is 0 Å². The normalized spacial score (nSPS) is 9.46. The molecule has 0 N–H and O–H groups in total. The second-order valence-electron chi connectivity index (χ2n) is 3.63. The lowest BCUT2D eigenvalue weighted by molar-refractivity contribution is 0.737. The zero-order valence-corrected chi connectivity index (χ0v) is 10.1. The van der Waals surface area contributed by atoms with E-state index in [0.717, 1.165) is 16.5 Å². The van der Waals surface area contributed by atoms with Crippen LogP contribution in [0.15, 0.2) is 18.2 Å². The van der Waals surface area contributed by atoms with Gasteiger partial charge in [0.05, 0.1) is 0 Å². The van der Waals surface area contributed by atoms with E-state index >= 15 is 0 Å². The smallest absolute Gasteiger partial charge is 0.0449 e. The van der Waals surface area contributed by atoms with Crippen molar-refractivity contribution >= 4 is 23.2 Å². The Morgan fingerprint density at radius 3 is 1.85 bits per heavy atom. The van der Waals surface area contributed by atoms with Crippen LogP contribution in [0, 0.1) is 12.8 Å². The monoisotopic (exact) mass is 218 g/mol. The summed E-state index contributed by atoms with van der Waals surface area (Å²) in [7, 11) is 0. The third-order valence-electron chi connectivity index (χ3n) is 1.13. The molecule has 0 amide bonds. The minimum Gasteiger partial charge on any atom is -0.0843 e. The molecule has 0 heterocycles. The molecule has 0 aromatic heterocycles. The third kappa shape index (κ3) is 6.92. The van der Waals surface area contributed by atoms with Crippen LogP contribution in [0.5, 0.6) is 0 Å². The molecular formula is C11H16Cl2. The van der Waals surface area contributed by atoms with E-state index in [1.54, 1.807) is 6.07 Å². The van der Waals surface area contributed by atoms with E-state index in [9.17, 15) is 0 Å². The fourth-order valence-corrected chi connectivity index (χ4v) is 0.976. The second kappa shape index (κ2) is 6.28. The standard InChI is InChI=1S/C7H6Cl2.C4H10/c1-5-2-3-6(8)4-7(5)9;1-4(2)3/h2-4H,1H3;4H,1-3H3. The molecule has 0 fully saturated rings. The average molecular weight is 219 g/mol. The molecule has 2 heteroatoms. The molecule has 0 radical (unpaired) electrons. The van der Waals surface area contributed by atoms with Crippen molar-refractivity contribution < 1.29 is 0 Å². The van der Waals surface area contributed by atoms with Crippen LogP contribution in [0.4, 0.5) is 0 Å². The Kier molecular flexibility index (Phi) is 6.19. The van der Waals surface area contributed by atoms with Crippen molar-refractivity contribution in [2.75, 3.05) is 0 Å². The van der Waals surface area contributed by atoms with Gasteiger partial charge in [-0.2, -0.15) is 0 Å². The van der Waals surface area contributed by atoms with E-state index in [1.807, 2.05) is 19.1 Å². The van der Waals surface area contributed by atoms with E-state index < -0.39 is 0 Å². The lowest BCUT2D eigenvalue weighted by Crippen LogP contribution is -1.71. The van der Waals surface area contributed by atoms with Gasteiger partial charge < -0.3 is 0 Å². The zero-order chi connectivity index (χ0) is 10.4. The van der Waals surface area contributed by atoms with Gasteiger partial charge in [-0.15, -0.1) is 0 Å². The van der Waals surface area contributed by atoms with Gasteiger partial charge in [-0.3, -0.25) is 0 Å². The molecule has 0 nitrogen and oxygen atoms in total. The van der Waals surface area contributed by atoms with Gasteiger partial charge >= 0.3 is 0 Å². The molecule has 0 aliphatic carbocycles. The van der Waals surface area contributed by atoms with Crippen molar-refractivity contribution in [2.24, 2.45) is 5.92 Å². The summed E-state index contributed by atoms with van der Waals surface area (Å²) in [6, 6.07) is 5.45. The molecule has 13 heavy (non-hydrogen) atoms. The van der Waals surface area contributed by atoms with Crippen molar-refractivity contribution in [3.05, 3.63) is 33.8 Å². The molecule has 74 valence electrons. The number of hydrogen-bond acceptors (Lipinski definition) is 0. The molecule has 0 atom stereocenters. The summed E-state index contributed by atoms with van der Waals surface area (Å²) in [5, 5.41) is 1.41. The molecule has 0 saturated carbocycles. The Balaban J connectivity index is 0.000000310. The number of hydrogen-bond donors (Lipinski definition) is 0. The maximum atomic E-state index is 5.73. The maximum Gasteiger partial charge on any atom is 0.0449 e. The van der Waals surface area contributed by atoms with Crippen LogP contribution in [0.1, 0.15) is 26.3 Å². The van der Waals surface area contributed by atoms with Crippen LogP contribution < -0.4 is 0 Å². The van der Waals surface area contributed by atoms with Gasteiger partial charge in [-0.25, -0.2) is 0 Å². The van der Waals surface area contributed by atoms with Crippen molar-refractivity contribution in [1.82, 2.24) is 0 Å². The Labute approximate surface area is 90.9 Å². The van der Waals surface area contributed by atoms with Gasteiger partial charge in [0.2, 0.25) is 0 Å². The molecular weight excluding hydrogens is 203 g/mol. The van der Waals surface area contributed by atoms with Crippen molar-refractivity contribution in [3.8, 4) is 0 Å². The van der Waals surface area contributed by atoms with Gasteiger partial charge in [-0.1, -0.05) is 50.0 Å². The first kappa shape index (κ1) is 12.8. The maximum absolute atomic E-state index is 5.73. The van der Waals surface area contributed by atoms with Crippen molar-refractivity contribution in [2.45, 2.75) is 27.7 Å². The summed E-state index contributed by atoms with van der Waals surface area (Å²) in [4.78, 5) is 0. The summed E-state index contributed by atoms with van der Waals surface area (Å²) in [5.74, 6) is 0.833. The lowest BCUT2D eigenvalue weighted by atomic mass is 10.2. The minimum absolute atomic E-state index is 0.686. The quantitative estimate of drug-likeness (QED) is 0.578. The van der Waals surface area contributed by atoms with Crippen LogP contribution in [0.25, 0.3) is 0 Å². The molecule has 0 unspecified atom stereocenters. The zero-order valence-electron chi connectivity index (χ0n) is 8.57. The van der Waals surface area contributed by atoms with E-state index in [1.165, 1.54) is 0 Å². The van der Waals surface area contributed by atoms with E-state index in [0.29, 0.717) is 5.02 Å². The number of aryl methyl sites for hydroxylation is 1. The Bertz CT molecular complexity index is 252. The SMILES string of the molecule is CC(C)C.Cc1ccc(Cl)cc1Cl. The summed E-state index contributed by atoms with van der Waals surface area (Å²) in [6.07, 6.45) is 0. The third-order valence-corrected chi connectivity index (χ3v) is 1.78. The van der Waals surface area contributed by atoms with Crippen LogP contribution in [-0.2, 0) is 0 Å². The van der Waals surface area contributed by atoms with E-state index in [-0.39, 0.29) is 0 Å². The van der Waals surface area contributed by atoms with Gasteiger partial charge in [0.15, 0.2) is 0 Å². The van der Waals surface area contributed by atoms with Crippen LogP contribution in [0.2, 0.25) is 10.0 Å². The van der Waals surface area contributed by atoms with Crippen LogP contribution in [-0.4, -0.2) is 0 Å². The van der Waals surface area contributed by atoms with Crippen molar-refractivity contribution in [3.63, 3.8) is 0 Å². The van der Waals surface area contributed by atoms with Gasteiger partial charge in [0.25, 0.3) is 0 Å². The molecule has 1 aromatic carbocycles. The average Bonchev–Trinajstić information content (AvgIpc) is 1.96. The predicted octanol–water partition coefficient (Wildman–Crippen LogP) is 4.96. The highest BCUT2D eigenvalue weighted by Gasteiger charge is 1.92. The highest BCUT2D eigenvalue weighted by molar-refractivity contribution is 6.35. The fraction of sp³-hybridized carbons (Fsp3) is 0.455. The number of halogens is 2. The molecule has 1 aromatic rings. The van der Waals surface area contributed by atoms with Crippen molar-refractivity contribution in [1.29, 1.82) is 0 Å².